The number of benzene rings is 3. The minimum Gasteiger partial charge on any atom is -0.392 e. The van der Waals surface area contributed by atoms with Gasteiger partial charge in [-0.2, -0.15) is 0 Å². The molecule has 0 bridgehead atoms. The number of aliphatic hydroxyl groups excluding tert-OH is 3. The largest absolute Gasteiger partial charge is 0.392 e. The molecule has 3 nitrogen and oxygen atoms in total. The molecule has 0 aromatic heterocycles. The van der Waals surface area contributed by atoms with Gasteiger partial charge in [0.1, 0.15) is 0 Å². The summed E-state index contributed by atoms with van der Waals surface area (Å²) in [5, 5.41) is 27.8. The molecule has 0 aliphatic carbocycles. The van der Waals surface area contributed by atoms with Crippen LogP contribution in [0, 0.1) is 0 Å². The smallest absolute Gasteiger partial charge is 0.0681 e. The first kappa shape index (κ1) is 17.4. The van der Waals surface area contributed by atoms with Crippen molar-refractivity contribution in [2.75, 3.05) is 0 Å². The van der Waals surface area contributed by atoms with Crippen LogP contribution in [0.15, 0.2) is 72.8 Å². The number of hydrogen-bond acceptors (Lipinski definition) is 3. The molecule has 3 N–H and O–H groups in total. The lowest BCUT2D eigenvalue weighted by Gasteiger charge is -2.20. The normalized spacial score (nSPS) is 11.0. The molecule has 0 heterocycles. The molecule has 0 atom stereocenters. The van der Waals surface area contributed by atoms with E-state index in [-0.39, 0.29) is 25.7 Å². The van der Waals surface area contributed by atoms with E-state index in [1.165, 1.54) is 0 Å². The highest BCUT2D eigenvalue weighted by Gasteiger charge is 2.17. The maximum atomic E-state index is 9.27. The van der Waals surface area contributed by atoms with Crippen LogP contribution in [0.2, 0.25) is 0 Å². The van der Waals surface area contributed by atoms with Crippen molar-refractivity contribution in [1.82, 2.24) is 0 Å². The monoisotopic (exact) mass is 334 g/mol. The molecule has 0 unspecified atom stereocenters. The lowest BCUT2D eigenvalue weighted by molar-refractivity contribution is 0.281. The SMILES string of the molecule is OCc1ccc(C(c2ccc(CO)cc2)c2ccc(CO)cc2)cc1. The standard InChI is InChI=1S/C22H22O3/c23-13-16-1-7-19(8-2-16)22(20-9-3-17(14-24)4-10-20)21-11-5-18(15-25)6-12-21/h1-12,22-25H,13-15H2. The Labute approximate surface area is 147 Å². The van der Waals surface area contributed by atoms with Crippen molar-refractivity contribution in [1.29, 1.82) is 0 Å². The molecule has 3 heteroatoms. The summed E-state index contributed by atoms with van der Waals surface area (Å²) in [4.78, 5) is 0. The Morgan fingerprint density at radius 1 is 0.440 bits per heavy atom. The molecule has 0 radical (unpaired) electrons. The van der Waals surface area contributed by atoms with Crippen molar-refractivity contribution in [3.63, 3.8) is 0 Å². The summed E-state index contributed by atoms with van der Waals surface area (Å²) < 4.78 is 0. The van der Waals surface area contributed by atoms with Crippen molar-refractivity contribution in [2.45, 2.75) is 25.7 Å². The van der Waals surface area contributed by atoms with Crippen LogP contribution in [0.5, 0.6) is 0 Å². The first-order valence-corrected chi connectivity index (χ1v) is 8.34. The molecule has 0 saturated carbocycles. The van der Waals surface area contributed by atoms with E-state index in [0.717, 1.165) is 33.4 Å². The third-order valence-electron chi connectivity index (χ3n) is 4.49. The molecule has 3 aromatic rings. The molecule has 0 aliphatic rings. The van der Waals surface area contributed by atoms with Crippen LogP contribution in [0.3, 0.4) is 0 Å². The molecule has 0 fully saturated rings. The topological polar surface area (TPSA) is 60.7 Å². The van der Waals surface area contributed by atoms with Gasteiger partial charge < -0.3 is 15.3 Å². The quantitative estimate of drug-likeness (QED) is 0.606. The number of hydrogen-bond donors (Lipinski definition) is 3. The number of aliphatic hydroxyl groups is 3. The second-order valence-corrected chi connectivity index (χ2v) is 6.13. The summed E-state index contributed by atoms with van der Waals surface area (Å²) in [6, 6.07) is 23.8. The fourth-order valence-corrected chi connectivity index (χ4v) is 3.02. The van der Waals surface area contributed by atoms with Crippen LogP contribution < -0.4 is 0 Å². The Bertz CT molecular complexity index is 677. The fourth-order valence-electron chi connectivity index (χ4n) is 3.02. The summed E-state index contributed by atoms with van der Waals surface area (Å²) in [5.74, 6) is 0.0493. The second-order valence-electron chi connectivity index (χ2n) is 6.13. The van der Waals surface area contributed by atoms with Gasteiger partial charge in [-0.3, -0.25) is 0 Å². The van der Waals surface area contributed by atoms with E-state index >= 15 is 0 Å². The van der Waals surface area contributed by atoms with Gasteiger partial charge in [-0.25, -0.2) is 0 Å². The van der Waals surface area contributed by atoms with Gasteiger partial charge in [0.25, 0.3) is 0 Å². The predicted octanol–water partition coefficient (Wildman–Crippen LogP) is 3.34. The third-order valence-corrected chi connectivity index (χ3v) is 4.49. The van der Waals surface area contributed by atoms with Gasteiger partial charge in [0, 0.05) is 5.92 Å². The van der Waals surface area contributed by atoms with Gasteiger partial charge in [-0.05, 0) is 33.4 Å². The first-order valence-electron chi connectivity index (χ1n) is 8.34. The van der Waals surface area contributed by atoms with Crippen molar-refractivity contribution < 1.29 is 15.3 Å². The summed E-state index contributed by atoms with van der Waals surface area (Å²) in [6.07, 6.45) is 0. The van der Waals surface area contributed by atoms with Crippen LogP contribution in [0.25, 0.3) is 0 Å². The molecule has 0 saturated heterocycles. The summed E-state index contributed by atoms with van der Waals surface area (Å²) in [7, 11) is 0. The highest BCUT2D eigenvalue weighted by atomic mass is 16.3. The molecule has 25 heavy (non-hydrogen) atoms. The van der Waals surface area contributed by atoms with E-state index in [1.54, 1.807) is 0 Å². The summed E-state index contributed by atoms with van der Waals surface area (Å²) in [5.41, 5.74) is 6.04. The predicted molar refractivity (Wildman–Crippen MR) is 98.0 cm³/mol. The molecule has 128 valence electrons. The Kier molecular flexibility index (Phi) is 5.61. The van der Waals surface area contributed by atoms with E-state index in [1.807, 2.05) is 72.8 Å². The second kappa shape index (κ2) is 8.08. The lowest BCUT2D eigenvalue weighted by atomic mass is 9.84. The van der Waals surface area contributed by atoms with Gasteiger partial charge >= 0.3 is 0 Å². The van der Waals surface area contributed by atoms with Crippen molar-refractivity contribution in [2.24, 2.45) is 0 Å². The Morgan fingerprint density at radius 2 is 0.680 bits per heavy atom. The van der Waals surface area contributed by atoms with E-state index in [4.69, 9.17) is 0 Å². The van der Waals surface area contributed by atoms with Crippen LogP contribution >= 0.6 is 0 Å². The zero-order chi connectivity index (χ0) is 17.6. The van der Waals surface area contributed by atoms with Gasteiger partial charge in [0.05, 0.1) is 19.8 Å². The van der Waals surface area contributed by atoms with E-state index in [0.29, 0.717) is 0 Å². The Hall–Kier alpha value is -2.46. The highest BCUT2D eigenvalue weighted by Crippen LogP contribution is 2.32. The van der Waals surface area contributed by atoms with Crippen LogP contribution in [-0.4, -0.2) is 15.3 Å². The van der Waals surface area contributed by atoms with E-state index in [2.05, 4.69) is 0 Å². The van der Waals surface area contributed by atoms with Gasteiger partial charge in [-0.1, -0.05) is 72.8 Å². The maximum Gasteiger partial charge on any atom is 0.0681 e. The molecule has 3 aromatic carbocycles. The summed E-state index contributed by atoms with van der Waals surface area (Å²) >= 11 is 0. The maximum absolute atomic E-state index is 9.27. The molecule has 0 aliphatic heterocycles. The van der Waals surface area contributed by atoms with E-state index in [9.17, 15) is 15.3 Å². The fraction of sp³-hybridized carbons (Fsp3) is 0.182. The van der Waals surface area contributed by atoms with Crippen molar-refractivity contribution in [3.8, 4) is 0 Å². The van der Waals surface area contributed by atoms with Gasteiger partial charge in [0.2, 0.25) is 0 Å². The molecular formula is C22H22O3. The zero-order valence-electron chi connectivity index (χ0n) is 14.0. The van der Waals surface area contributed by atoms with Crippen molar-refractivity contribution in [3.05, 3.63) is 106 Å². The zero-order valence-corrected chi connectivity index (χ0v) is 14.0. The molecule has 3 rings (SSSR count). The average molecular weight is 334 g/mol. The summed E-state index contributed by atoms with van der Waals surface area (Å²) in [6.45, 7) is 0.0873. The molecule has 0 amide bonds. The van der Waals surface area contributed by atoms with Gasteiger partial charge in [0.15, 0.2) is 0 Å². The average Bonchev–Trinajstić information content (AvgIpc) is 2.70. The Morgan fingerprint density at radius 3 is 0.880 bits per heavy atom. The van der Waals surface area contributed by atoms with E-state index < -0.39 is 0 Å². The van der Waals surface area contributed by atoms with Crippen LogP contribution in [0.1, 0.15) is 39.3 Å². The lowest BCUT2D eigenvalue weighted by Crippen LogP contribution is -2.04. The minimum absolute atomic E-state index is 0.0291. The molecule has 0 spiro atoms. The molecular weight excluding hydrogens is 312 g/mol. The minimum atomic E-state index is 0.0291. The van der Waals surface area contributed by atoms with Gasteiger partial charge in [-0.15, -0.1) is 0 Å². The first-order chi connectivity index (χ1) is 12.2. The third kappa shape index (κ3) is 3.97. The van der Waals surface area contributed by atoms with Crippen molar-refractivity contribution >= 4 is 0 Å². The van der Waals surface area contributed by atoms with Crippen LogP contribution in [-0.2, 0) is 19.8 Å². The van der Waals surface area contributed by atoms with Crippen LogP contribution in [0.4, 0.5) is 0 Å². The highest BCUT2D eigenvalue weighted by molar-refractivity contribution is 5.44. The Balaban J connectivity index is 2.04. The number of rotatable bonds is 6.